The van der Waals surface area contributed by atoms with Crippen LogP contribution in [0.5, 0.6) is 0 Å². The minimum Gasteiger partial charge on any atom is -0.357 e. The van der Waals surface area contributed by atoms with Crippen LogP contribution in [0.2, 0.25) is 0 Å². The molecular weight excluding hydrogens is 328 g/mol. The molecule has 0 aromatic carbocycles. The zero-order chi connectivity index (χ0) is 17.9. The summed E-state index contributed by atoms with van der Waals surface area (Å²) in [5.74, 6) is 1.30. The van der Waals surface area contributed by atoms with Gasteiger partial charge in [0.2, 0.25) is 0 Å². The molecule has 1 amide bonds. The summed E-state index contributed by atoms with van der Waals surface area (Å²) in [6.07, 6.45) is 8.18. The molecule has 3 aromatic rings. The average molecular weight is 350 g/mol. The van der Waals surface area contributed by atoms with Gasteiger partial charge in [0, 0.05) is 38.1 Å². The number of fused-ring (bicyclic) bond motifs is 1. The van der Waals surface area contributed by atoms with Crippen molar-refractivity contribution in [2.24, 2.45) is 7.05 Å². The minimum atomic E-state index is -0.205. The van der Waals surface area contributed by atoms with Crippen molar-refractivity contribution in [1.82, 2.24) is 19.7 Å². The molecule has 0 atom stereocenters. The van der Waals surface area contributed by atoms with Crippen molar-refractivity contribution in [1.29, 1.82) is 0 Å². The number of nitrogens with one attached hydrogen (secondary N) is 1. The number of aryl methyl sites for hydroxylation is 1. The van der Waals surface area contributed by atoms with Crippen LogP contribution in [0.25, 0.3) is 11.0 Å². The molecule has 4 heterocycles. The first-order chi connectivity index (χ1) is 12.7. The van der Waals surface area contributed by atoms with E-state index in [1.54, 1.807) is 29.2 Å². The van der Waals surface area contributed by atoms with Crippen molar-refractivity contribution in [3.05, 3.63) is 42.2 Å². The third-order valence-electron chi connectivity index (χ3n) is 4.78. The molecule has 1 saturated heterocycles. The summed E-state index contributed by atoms with van der Waals surface area (Å²) in [6.45, 7) is 2.09. The summed E-state index contributed by atoms with van der Waals surface area (Å²) in [5, 5.41) is 8.17. The van der Waals surface area contributed by atoms with Gasteiger partial charge in [0.15, 0.2) is 11.5 Å². The van der Waals surface area contributed by atoms with E-state index in [9.17, 15) is 4.79 Å². The maximum atomic E-state index is 12.4. The van der Waals surface area contributed by atoms with Gasteiger partial charge in [-0.1, -0.05) is 12.8 Å². The van der Waals surface area contributed by atoms with Crippen LogP contribution in [0.4, 0.5) is 11.6 Å². The van der Waals surface area contributed by atoms with Crippen molar-refractivity contribution < 1.29 is 4.79 Å². The summed E-state index contributed by atoms with van der Waals surface area (Å²) in [5.41, 5.74) is 1.32. The summed E-state index contributed by atoms with van der Waals surface area (Å²) >= 11 is 0. The molecule has 1 N–H and O–H groups in total. The molecule has 0 aliphatic carbocycles. The molecular formula is C19H22N6O. The molecule has 1 fully saturated rings. The Morgan fingerprint density at radius 3 is 2.50 bits per heavy atom. The molecule has 0 unspecified atom stereocenters. The van der Waals surface area contributed by atoms with Crippen molar-refractivity contribution in [2.75, 3.05) is 23.3 Å². The fourth-order valence-electron chi connectivity index (χ4n) is 3.37. The van der Waals surface area contributed by atoms with E-state index in [-0.39, 0.29) is 5.91 Å². The lowest BCUT2D eigenvalue weighted by Gasteiger charge is -2.21. The van der Waals surface area contributed by atoms with E-state index in [1.807, 2.05) is 19.2 Å². The monoisotopic (exact) mass is 350 g/mol. The molecule has 0 radical (unpaired) electrons. The van der Waals surface area contributed by atoms with E-state index < -0.39 is 0 Å². The normalized spacial score (nSPS) is 15.0. The Balaban J connectivity index is 1.62. The highest BCUT2D eigenvalue weighted by Gasteiger charge is 2.17. The molecule has 134 valence electrons. The number of rotatable bonds is 3. The number of aromatic nitrogens is 4. The zero-order valence-electron chi connectivity index (χ0n) is 14.9. The highest BCUT2D eigenvalue weighted by Crippen LogP contribution is 2.25. The zero-order valence-corrected chi connectivity index (χ0v) is 14.9. The molecule has 4 rings (SSSR count). The highest BCUT2D eigenvalue weighted by atomic mass is 16.1. The Bertz CT molecular complexity index is 912. The molecule has 0 bridgehead atoms. The van der Waals surface area contributed by atoms with E-state index in [0.717, 1.165) is 29.9 Å². The second kappa shape index (κ2) is 7.11. The van der Waals surface area contributed by atoms with Crippen LogP contribution in [0.1, 0.15) is 36.0 Å². The van der Waals surface area contributed by atoms with Crippen LogP contribution in [0, 0.1) is 0 Å². The van der Waals surface area contributed by atoms with Crippen LogP contribution in [-0.4, -0.2) is 38.7 Å². The summed E-state index contributed by atoms with van der Waals surface area (Å²) < 4.78 is 1.72. The van der Waals surface area contributed by atoms with E-state index in [0.29, 0.717) is 11.4 Å². The van der Waals surface area contributed by atoms with Gasteiger partial charge in [0.1, 0.15) is 5.82 Å². The van der Waals surface area contributed by atoms with Crippen molar-refractivity contribution in [2.45, 2.75) is 25.7 Å². The van der Waals surface area contributed by atoms with E-state index in [4.69, 9.17) is 4.98 Å². The molecule has 26 heavy (non-hydrogen) atoms. The lowest BCUT2D eigenvalue weighted by molar-refractivity contribution is 0.102. The summed E-state index contributed by atoms with van der Waals surface area (Å²) in [7, 11) is 1.85. The number of carbonyl (C=O) groups is 1. The van der Waals surface area contributed by atoms with Gasteiger partial charge in [-0.3, -0.25) is 9.78 Å². The number of pyridine rings is 2. The number of amides is 1. The summed E-state index contributed by atoms with van der Waals surface area (Å²) in [4.78, 5) is 23.5. The van der Waals surface area contributed by atoms with Crippen LogP contribution in [0.15, 0.2) is 36.7 Å². The smallest absolute Gasteiger partial charge is 0.256 e. The molecule has 7 nitrogen and oxygen atoms in total. The quantitative estimate of drug-likeness (QED) is 0.786. The van der Waals surface area contributed by atoms with E-state index >= 15 is 0 Å². The van der Waals surface area contributed by atoms with Gasteiger partial charge in [-0.25, -0.2) is 9.67 Å². The SMILES string of the molecule is Cn1nc(NC(=O)c2ccncc2)c2ccc(N3CCCCCC3)nc21. The van der Waals surface area contributed by atoms with Crippen molar-refractivity contribution in [3.63, 3.8) is 0 Å². The fraction of sp³-hybridized carbons (Fsp3) is 0.368. The molecule has 0 spiro atoms. The second-order valence-electron chi connectivity index (χ2n) is 6.60. The number of hydrogen-bond donors (Lipinski definition) is 1. The third-order valence-corrected chi connectivity index (χ3v) is 4.78. The minimum absolute atomic E-state index is 0.205. The van der Waals surface area contributed by atoms with Crippen LogP contribution >= 0.6 is 0 Å². The standard InChI is InChI=1S/C19H22N6O/c1-24-18-15(6-7-16(21-18)25-12-4-2-3-5-13-25)17(23-24)22-19(26)14-8-10-20-11-9-14/h6-11H,2-5,12-13H2,1H3,(H,22,23,26). The predicted octanol–water partition coefficient (Wildman–Crippen LogP) is 3.00. The van der Waals surface area contributed by atoms with Gasteiger partial charge in [-0.2, -0.15) is 5.10 Å². The molecule has 7 heteroatoms. The Labute approximate surface area is 152 Å². The second-order valence-corrected chi connectivity index (χ2v) is 6.60. The first-order valence-electron chi connectivity index (χ1n) is 9.02. The van der Waals surface area contributed by atoms with Gasteiger partial charge in [0.25, 0.3) is 5.91 Å². The van der Waals surface area contributed by atoms with Crippen LogP contribution < -0.4 is 10.2 Å². The van der Waals surface area contributed by atoms with Crippen LogP contribution in [-0.2, 0) is 7.05 Å². The number of nitrogens with zero attached hydrogens (tertiary/aromatic N) is 5. The largest absolute Gasteiger partial charge is 0.357 e. The maximum absolute atomic E-state index is 12.4. The molecule has 1 aliphatic heterocycles. The lowest BCUT2D eigenvalue weighted by atomic mass is 10.2. The van der Waals surface area contributed by atoms with Gasteiger partial charge < -0.3 is 10.2 Å². The van der Waals surface area contributed by atoms with Crippen molar-refractivity contribution in [3.8, 4) is 0 Å². The fourth-order valence-corrected chi connectivity index (χ4v) is 3.37. The number of carbonyl (C=O) groups excluding carboxylic acids is 1. The first kappa shape index (κ1) is 16.5. The Morgan fingerprint density at radius 1 is 1.04 bits per heavy atom. The van der Waals surface area contributed by atoms with Gasteiger partial charge in [0.05, 0.1) is 5.39 Å². The number of anilines is 2. The Morgan fingerprint density at radius 2 is 1.77 bits per heavy atom. The van der Waals surface area contributed by atoms with Gasteiger partial charge >= 0.3 is 0 Å². The lowest BCUT2D eigenvalue weighted by Crippen LogP contribution is -2.24. The first-order valence-corrected chi connectivity index (χ1v) is 9.02. The molecule has 3 aromatic heterocycles. The topological polar surface area (TPSA) is 75.9 Å². The van der Waals surface area contributed by atoms with Gasteiger partial charge in [-0.15, -0.1) is 0 Å². The van der Waals surface area contributed by atoms with Crippen LogP contribution in [0.3, 0.4) is 0 Å². The third kappa shape index (κ3) is 3.24. The Kier molecular flexibility index (Phi) is 4.51. The summed E-state index contributed by atoms with van der Waals surface area (Å²) in [6, 6.07) is 7.38. The predicted molar refractivity (Wildman–Crippen MR) is 101 cm³/mol. The Hall–Kier alpha value is -2.96. The van der Waals surface area contributed by atoms with E-state index in [2.05, 4.69) is 20.3 Å². The van der Waals surface area contributed by atoms with Crippen molar-refractivity contribution >= 4 is 28.6 Å². The maximum Gasteiger partial charge on any atom is 0.256 e. The van der Waals surface area contributed by atoms with Gasteiger partial charge in [-0.05, 0) is 37.1 Å². The highest BCUT2D eigenvalue weighted by molar-refractivity contribution is 6.07. The molecule has 0 saturated carbocycles. The molecule has 1 aliphatic rings. The number of hydrogen-bond acceptors (Lipinski definition) is 5. The average Bonchev–Trinajstić information content (AvgIpc) is 2.85. The van der Waals surface area contributed by atoms with E-state index in [1.165, 1.54) is 25.7 Å².